The zero-order valence-corrected chi connectivity index (χ0v) is 18.6. The van der Waals surface area contributed by atoms with E-state index in [0.29, 0.717) is 21.5 Å². The number of nitrogens with one attached hydrogen (secondary N) is 3. The minimum Gasteiger partial charge on any atom is -0.330 e. The lowest BCUT2D eigenvalue weighted by Crippen LogP contribution is -2.25. The van der Waals surface area contributed by atoms with E-state index in [0.717, 1.165) is 12.1 Å². The number of aromatic amines is 1. The van der Waals surface area contributed by atoms with Crippen LogP contribution in [0, 0.1) is 11.6 Å². The normalized spacial score (nSPS) is 12.0. The fraction of sp³-hybridized carbons (Fsp3) is 0.136. The van der Waals surface area contributed by atoms with Gasteiger partial charge in [0.05, 0.1) is 21.3 Å². The lowest BCUT2D eigenvalue weighted by atomic mass is 9.93. The van der Waals surface area contributed by atoms with Crippen molar-refractivity contribution in [2.75, 3.05) is 17.2 Å². The highest BCUT2D eigenvalue weighted by molar-refractivity contribution is 7.12. The molecule has 0 bridgehead atoms. The number of halogens is 3. The average Bonchev–Trinajstić information content (AvgIpc) is 3.46. The van der Waals surface area contributed by atoms with Gasteiger partial charge >= 0.3 is 0 Å². The van der Waals surface area contributed by atoms with Crippen molar-refractivity contribution in [3.63, 3.8) is 0 Å². The van der Waals surface area contributed by atoms with Gasteiger partial charge in [-0.15, -0.1) is 11.3 Å². The van der Waals surface area contributed by atoms with Crippen LogP contribution in [0.15, 0.2) is 47.8 Å². The van der Waals surface area contributed by atoms with Crippen LogP contribution in [0.5, 0.6) is 0 Å². The first-order valence-electron chi connectivity index (χ1n) is 9.86. The monoisotopic (exact) mass is 489 g/mol. The molecule has 4 rings (SSSR count). The molecular weight excluding hydrogens is 472 g/mol. The molecule has 0 aliphatic carbocycles. The Morgan fingerprint density at radius 2 is 2.00 bits per heavy atom. The number of benzene rings is 2. The fourth-order valence-electron chi connectivity index (χ4n) is 3.43. The molecule has 0 radical (unpaired) electrons. The molecule has 0 aliphatic heterocycles. The lowest BCUT2D eigenvalue weighted by molar-refractivity contribution is -0.117. The van der Waals surface area contributed by atoms with E-state index in [1.54, 1.807) is 35.7 Å². The molecule has 5 N–H and O–H groups in total. The number of fused-ring (bicyclic) bond motifs is 1. The molecule has 33 heavy (non-hydrogen) atoms. The predicted octanol–water partition coefficient (Wildman–Crippen LogP) is 4.88. The van der Waals surface area contributed by atoms with Crippen molar-refractivity contribution in [3.05, 3.63) is 74.9 Å². The summed E-state index contributed by atoms with van der Waals surface area (Å²) in [5.74, 6) is -3.74. The van der Waals surface area contributed by atoms with Gasteiger partial charge < -0.3 is 16.4 Å². The third-order valence-corrected chi connectivity index (χ3v) is 6.17. The van der Waals surface area contributed by atoms with Crippen LogP contribution in [0.1, 0.15) is 27.6 Å². The number of nitrogens with zero attached hydrogens (tertiary/aromatic N) is 1. The molecule has 11 heteroatoms. The molecule has 0 saturated heterocycles. The van der Waals surface area contributed by atoms with E-state index in [1.165, 1.54) is 11.3 Å². The van der Waals surface area contributed by atoms with Gasteiger partial charge in [0.15, 0.2) is 5.82 Å². The van der Waals surface area contributed by atoms with Crippen molar-refractivity contribution in [3.8, 4) is 0 Å². The number of H-pyrrole nitrogens is 1. The Morgan fingerprint density at radius 3 is 2.73 bits per heavy atom. The summed E-state index contributed by atoms with van der Waals surface area (Å²) in [6, 6.07) is 10.4. The van der Waals surface area contributed by atoms with Crippen molar-refractivity contribution >= 4 is 57.2 Å². The Bertz CT molecular complexity index is 1330. The van der Waals surface area contributed by atoms with Crippen LogP contribution in [0.25, 0.3) is 10.9 Å². The van der Waals surface area contributed by atoms with E-state index < -0.39 is 29.0 Å². The second-order valence-electron chi connectivity index (χ2n) is 7.14. The van der Waals surface area contributed by atoms with Gasteiger partial charge in [0, 0.05) is 16.6 Å². The molecule has 1 unspecified atom stereocenters. The highest BCUT2D eigenvalue weighted by atomic mass is 35.5. The number of nitrogens with two attached hydrogens (primary N) is 1. The summed E-state index contributed by atoms with van der Waals surface area (Å²) in [6.45, 7) is 0.0309. The number of thiophene rings is 1. The third kappa shape index (κ3) is 4.72. The van der Waals surface area contributed by atoms with Crippen molar-refractivity contribution < 1.29 is 18.4 Å². The van der Waals surface area contributed by atoms with Crippen LogP contribution in [0.3, 0.4) is 0 Å². The first-order valence-corrected chi connectivity index (χ1v) is 11.1. The first kappa shape index (κ1) is 22.8. The van der Waals surface area contributed by atoms with Crippen LogP contribution in [0.2, 0.25) is 5.02 Å². The quantitative estimate of drug-likeness (QED) is 0.277. The van der Waals surface area contributed by atoms with Crippen LogP contribution < -0.4 is 16.4 Å². The molecule has 2 amide bonds. The van der Waals surface area contributed by atoms with Gasteiger partial charge in [-0.1, -0.05) is 17.7 Å². The molecule has 7 nitrogen and oxygen atoms in total. The van der Waals surface area contributed by atoms with E-state index in [-0.39, 0.29) is 29.7 Å². The fourth-order valence-corrected chi connectivity index (χ4v) is 4.21. The number of anilines is 2. The zero-order valence-electron chi connectivity index (χ0n) is 17.0. The molecule has 4 aromatic rings. The van der Waals surface area contributed by atoms with Gasteiger partial charge in [-0.05, 0) is 54.7 Å². The maximum atomic E-state index is 14.5. The van der Waals surface area contributed by atoms with Crippen molar-refractivity contribution in [1.29, 1.82) is 0 Å². The Hall–Kier alpha value is -3.34. The van der Waals surface area contributed by atoms with E-state index in [1.807, 2.05) is 0 Å². The maximum absolute atomic E-state index is 14.5. The molecule has 0 aliphatic rings. The van der Waals surface area contributed by atoms with Crippen molar-refractivity contribution in [2.45, 2.75) is 12.3 Å². The average molecular weight is 490 g/mol. The van der Waals surface area contributed by atoms with Crippen LogP contribution in [-0.2, 0) is 4.79 Å². The van der Waals surface area contributed by atoms with E-state index >= 15 is 0 Å². The summed E-state index contributed by atoms with van der Waals surface area (Å²) in [5.41, 5.74) is 6.14. The van der Waals surface area contributed by atoms with Crippen molar-refractivity contribution in [1.82, 2.24) is 10.2 Å². The molecule has 170 valence electrons. The Kier molecular flexibility index (Phi) is 6.68. The number of hydrogen-bond donors (Lipinski definition) is 4. The highest BCUT2D eigenvalue weighted by Crippen LogP contribution is 2.31. The second kappa shape index (κ2) is 9.65. The number of amides is 2. The van der Waals surface area contributed by atoms with Crippen LogP contribution in [-0.4, -0.2) is 28.6 Å². The summed E-state index contributed by atoms with van der Waals surface area (Å²) in [7, 11) is 0. The topological polar surface area (TPSA) is 113 Å². The van der Waals surface area contributed by atoms with E-state index in [2.05, 4.69) is 20.8 Å². The van der Waals surface area contributed by atoms with Gasteiger partial charge in [0.2, 0.25) is 5.91 Å². The molecule has 2 heterocycles. The zero-order chi connectivity index (χ0) is 23.5. The number of carbonyl (C=O) groups is 2. The smallest absolute Gasteiger partial charge is 0.266 e. The minimum atomic E-state index is -1.19. The predicted molar refractivity (Wildman–Crippen MR) is 125 cm³/mol. The number of aromatic nitrogens is 2. The summed E-state index contributed by atoms with van der Waals surface area (Å²) >= 11 is 7.09. The Morgan fingerprint density at radius 1 is 1.18 bits per heavy atom. The Balaban J connectivity index is 1.60. The number of hydrogen-bond acceptors (Lipinski definition) is 5. The van der Waals surface area contributed by atoms with E-state index in [4.69, 9.17) is 17.3 Å². The van der Waals surface area contributed by atoms with Crippen molar-refractivity contribution in [2.24, 2.45) is 5.73 Å². The molecular formula is C22H18ClF2N5O2S. The minimum absolute atomic E-state index is 0.0100. The number of rotatable bonds is 7. The largest absolute Gasteiger partial charge is 0.330 e. The van der Waals surface area contributed by atoms with Crippen LogP contribution >= 0.6 is 22.9 Å². The number of carbonyl (C=O) groups excluding carboxylic acids is 2. The Labute approximate surface area is 195 Å². The summed E-state index contributed by atoms with van der Waals surface area (Å²) in [4.78, 5) is 25.9. The standard InChI is InChI=1S/C22H18ClF2N5O2S/c23-14-4-5-15(24)18(19(14)25)12(7-8-26)21(31)27-11-3-6-16-13(10-11)20(30-29-16)28-22(32)17-2-1-9-33-17/h1-6,9-10,12H,7-8,26H2,(H,27,31)(H2,28,29,30,32). The third-order valence-electron chi connectivity index (χ3n) is 5.01. The molecule has 0 spiro atoms. The molecule has 1 atom stereocenters. The second-order valence-corrected chi connectivity index (χ2v) is 8.49. The lowest BCUT2D eigenvalue weighted by Gasteiger charge is -2.18. The van der Waals surface area contributed by atoms with Gasteiger partial charge in [-0.2, -0.15) is 5.10 Å². The van der Waals surface area contributed by atoms with E-state index in [9.17, 15) is 18.4 Å². The molecule has 2 aromatic heterocycles. The van der Waals surface area contributed by atoms with Gasteiger partial charge in [-0.3, -0.25) is 14.7 Å². The SMILES string of the molecule is NCCC(C(=O)Nc1ccc2[nH]nc(NC(=O)c3cccs3)c2c1)c1c(F)ccc(Cl)c1F. The maximum Gasteiger partial charge on any atom is 0.266 e. The summed E-state index contributed by atoms with van der Waals surface area (Å²) < 4.78 is 28.9. The molecule has 2 aromatic carbocycles. The molecule has 0 saturated carbocycles. The molecule has 0 fully saturated rings. The summed E-state index contributed by atoms with van der Waals surface area (Å²) in [6.07, 6.45) is 0.0100. The highest BCUT2D eigenvalue weighted by Gasteiger charge is 2.28. The van der Waals surface area contributed by atoms with Gasteiger partial charge in [-0.25, -0.2) is 8.78 Å². The first-order chi connectivity index (χ1) is 15.9. The van der Waals surface area contributed by atoms with Gasteiger partial charge in [0.25, 0.3) is 5.91 Å². The van der Waals surface area contributed by atoms with Crippen LogP contribution in [0.4, 0.5) is 20.3 Å². The summed E-state index contributed by atoms with van der Waals surface area (Å²) in [5, 5.41) is 14.4. The van der Waals surface area contributed by atoms with Gasteiger partial charge in [0.1, 0.15) is 11.6 Å².